The van der Waals surface area contributed by atoms with Crippen molar-refractivity contribution < 1.29 is 75.1 Å². The molecule has 3 aromatic rings. The van der Waals surface area contributed by atoms with Gasteiger partial charge in [0, 0.05) is 32.1 Å². The van der Waals surface area contributed by atoms with Gasteiger partial charge in [0.1, 0.15) is 17.3 Å². The van der Waals surface area contributed by atoms with Gasteiger partial charge in [0.2, 0.25) is 15.8 Å². The van der Waals surface area contributed by atoms with Crippen LogP contribution in [0, 0.1) is 0 Å². The summed E-state index contributed by atoms with van der Waals surface area (Å²) in [7, 11) is -4.46. The lowest BCUT2D eigenvalue weighted by atomic mass is 10.1. The average Bonchev–Trinajstić information content (AvgIpc) is 3.73. The van der Waals surface area contributed by atoms with Crippen LogP contribution in [0.2, 0.25) is 0 Å². The van der Waals surface area contributed by atoms with Gasteiger partial charge in [-0.2, -0.15) is 4.37 Å². The van der Waals surface area contributed by atoms with Crippen molar-refractivity contribution in [1.29, 1.82) is 0 Å². The number of morpholine rings is 1. The molecule has 1 aliphatic rings. The zero-order valence-corrected chi connectivity index (χ0v) is 37.7. The molecule has 0 saturated carbocycles. The zero-order valence-electron chi connectivity index (χ0n) is 36.0. The summed E-state index contributed by atoms with van der Waals surface area (Å²) in [6.45, 7) is 6.59. The SMILES string of the molecule is CCCCNc1cc(C(=O)OCC(=O)OCC(=O)OCC(=O)O[C@H](COc2nsnc2N2CCOCC2)CN(C(=O)COC(C)=O)C(C)(C)C)cc(S(N)(=O)=O)c1Oc1ccccc1. The molecule has 1 amide bonds. The Kier molecular flexibility index (Phi) is 19.0. The van der Waals surface area contributed by atoms with Crippen LogP contribution >= 0.6 is 11.7 Å². The number of rotatable bonds is 23. The summed E-state index contributed by atoms with van der Waals surface area (Å²) >= 11 is 0.907. The summed E-state index contributed by atoms with van der Waals surface area (Å²) in [6, 6.07) is 10.5. The minimum Gasteiger partial charge on any atom is -0.470 e. The van der Waals surface area contributed by atoms with E-state index in [1.807, 2.05) is 11.8 Å². The van der Waals surface area contributed by atoms with E-state index in [0.717, 1.165) is 31.1 Å². The van der Waals surface area contributed by atoms with E-state index in [0.29, 0.717) is 50.8 Å². The quantitative estimate of drug-likeness (QED) is 0.0784. The number of carbonyl (C=O) groups excluding carboxylic acids is 6. The van der Waals surface area contributed by atoms with Gasteiger partial charge in [0.05, 0.1) is 42.7 Å². The fraction of sp³-hybridized carbons (Fsp3) is 0.500. The van der Waals surface area contributed by atoms with Crippen LogP contribution in [-0.4, -0.2) is 142 Å². The molecule has 1 aromatic heterocycles. The topological polar surface area (TPSA) is 281 Å². The summed E-state index contributed by atoms with van der Waals surface area (Å²) in [6.07, 6.45) is 0.317. The minimum atomic E-state index is -4.46. The Morgan fingerprint density at radius 2 is 1.58 bits per heavy atom. The molecule has 22 nitrogen and oxygen atoms in total. The number of nitrogens with one attached hydrogen (secondary N) is 1. The molecule has 0 aliphatic carbocycles. The molecule has 0 spiro atoms. The third-order valence-electron chi connectivity index (χ3n) is 8.78. The normalized spacial score (nSPS) is 13.2. The standard InChI is InChI=1S/C40H52N6O16S2/c1-6-7-13-42-30-18-27(19-31(64(41,53)54)36(30)62-28-11-9-8-10-12-28)39(52)60-24-34(50)57-23-33(49)58-25-35(51)61-29(20-46(40(3,4)5)32(48)22-56-26(2)47)21-59-38-37(43-63-44-38)45-14-16-55-17-15-45/h8-12,18-19,29,42H,6-7,13-17,20-25H2,1-5H3,(H2,41,53,54)/t29-/m0/s1. The molecule has 4 rings (SSSR count). The van der Waals surface area contributed by atoms with E-state index in [-0.39, 0.29) is 36.0 Å². The molecule has 1 saturated heterocycles. The Morgan fingerprint density at radius 3 is 2.20 bits per heavy atom. The summed E-state index contributed by atoms with van der Waals surface area (Å²) in [4.78, 5) is 78.3. The lowest BCUT2D eigenvalue weighted by Crippen LogP contribution is -2.52. The zero-order chi connectivity index (χ0) is 46.9. The highest BCUT2D eigenvalue weighted by Crippen LogP contribution is 2.37. The van der Waals surface area contributed by atoms with E-state index in [4.69, 9.17) is 43.0 Å². The van der Waals surface area contributed by atoms with E-state index in [9.17, 15) is 37.2 Å². The maximum absolute atomic E-state index is 13.1. The van der Waals surface area contributed by atoms with Crippen molar-refractivity contribution in [3.8, 4) is 17.4 Å². The molecule has 3 N–H and O–H groups in total. The molecule has 64 heavy (non-hydrogen) atoms. The van der Waals surface area contributed by atoms with Crippen molar-refractivity contribution in [2.45, 2.75) is 64.0 Å². The largest absolute Gasteiger partial charge is 0.470 e. The van der Waals surface area contributed by atoms with E-state index >= 15 is 0 Å². The van der Waals surface area contributed by atoms with Crippen LogP contribution in [0.1, 0.15) is 57.8 Å². The van der Waals surface area contributed by atoms with Crippen LogP contribution < -0.4 is 24.8 Å². The third kappa shape index (κ3) is 16.2. The molecular formula is C40H52N6O16S2. The first-order valence-corrected chi connectivity index (χ1v) is 22.2. The summed E-state index contributed by atoms with van der Waals surface area (Å²) < 4.78 is 76.3. The third-order valence-corrected chi connectivity index (χ3v) is 10.2. The molecule has 2 aromatic carbocycles. The van der Waals surface area contributed by atoms with Crippen molar-refractivity contribution in [2.75, 3.05) is 82.6 Å². The molecule has 350 valence electrons. The first-order chi connectivity index (χ1) is 30.3. The number of hydrogen-bond acceptors (Lipinski definition) is 21. The number of para-hydroxylation sites is 1. The second-order valence-electron chi connectivity index (χ2n) is 14.9. The highest BCUT2D eigenvalue weighted by molar-refractivity contribution is 7.89. The number of ether oxygens (including phenoxy) is 8. The van der Waals surface area contributed by atoms with E-state index in [2.05, 4.69) is 14.1 Å². The van der Waals surface area contributed by atoms with Gasteiger partial charge in [-0.15, -0.1) is 4.37 Å². The van der Waals surface area contributed by atoms with Crippen LogP contribution in [0.15, 0.2) is 47.4 Å². The first-order valence-electron chi connectivity index (χ1n) is 19.9. The molecule has 24 heteroatoms. The summed E-state index contributed by atoms with van der Waals surface area (Å²) in [5.74, 6) is -5.04. The van der Waals surface area contributed by atoms with Gasteiger partial charge in [-0.25, -0.2) is 32.7 Å². The molecule has 0 bridgehead atoms. The van der Waals surface area contributed by atoms with Crippen molar-refractivity contribution >= 4 is 69.0 Å². The number of sulfonamides is 1. The number of carbonyl (C=O) groups is 6. The summed E-state index contributed by atoms with van der Waals surface area (Å²) in [5.41, 5.74) is -1.02. The van der Waals surface area contributed by atoms with Gasteiger partial charge < -0.3 is 53.0 Å². The number of benzene rings is 2. The molecule has 0 radical (unpaired) electrons. The second-order valence-corrected chi connectivity index (χ2v) is 16.9. The Balaban J connectivity index is 1.35. The monoisotopic (exact) mass is 936 g/mol. The Bertz CT molecular complexity index is 2190. The molecule has 1 fully saturated rings. The number of anilines is 2. The number of unbranched alkanes of at least 4 members (excludes halogenated alkanes) is 1. The van der Waals surface area contributed by atoms with Crippen LogP contribution in [0.3, 0.4) is 0 Å². The van der Waals surface area contributed by atoms with Crippen LogP contribution in [0.4, 0.5) is 11.5 Å². The van der Waals surface area contributed by atoms with E-state index in [1.165, 1.54) is 11.0 Å². The molecular weight excluding hydrogens is 885 g/mol. The van der Waals surface area contributed by atoms with Crippen molar-refractivity contribution in [3.63, 3.8) is 0 Å². The van der Waals surface area contributed by atoms with Crippen LogP contribution in [0.25, 0.3) is 0 Å². The van der Waals surface area contributed by atoms with E-state index < -0.39 is 88.7 Å². The maximum Gasteiger partial charge on any atom is 0.344 e. The fourth-order valence-corrected chi connectivity index (χ4v) is 6.91. The summed E-state index contributed by atoms with van der Waals surface area (Å²) in [5, 5.41) is 8.55. The van der Waals surface area contributed by atoms with Gasteiger partial charge >= 0.3 is 29.8 Å². The predicted octanol–water partition coefficient (Wildman–Crippen LogP) is 2.45. The molecule has 2 heterocycles. The van der Waals surface area contributed by atoms with Crippen LogP contribution in [0.5, 0.6) is 17.4 Å². The highest BCUT2D eigenvalue weighted by atomic mass is 32.2. The van der Waals surface area contributed by atoms with Gasteiger partial charge in [-0.3, -0.25) is 9.59 Å². The van der Waals surface area contributed by atoms with Crippen molar-refractivity contribution in [2.24, 2.45) is 5.14 Å². The average molecular weight is 937 g/mol. The first kappa shape index (κ1) is 50.5. The van der Waals surface area contributed by atoms with Gasteiger partial charge in [0.25, 0.3) is 11.8 Å². The molecule has 1 atom stereocenters. The van der Waals surface area contributed by atoms with Gasteiger partial charge in [-0.05, 0) is 51.5 Å². The second kappa shape index (κ2) is 24.1. The van der Waals surface area contributed by atoms with Crippen LogP contribution in [-0.2, 0) is 62.4 Å². The van der Waals surface area contributed by atoms with Gasteiger partial charge in [-0.1, -0.05) is 31.5 Å². The Morgan fingerprint density at radius 1 is 0.922 bits per heavy atom. The van der Waals surface area contributed by atoms with Crippen molar-refractivity contribution in [3.05, 3.63) is 48.0 Å². The number of hydrogen-bond donors (Lipinski definition) is 2. The number of nitrogens with two attached hydrogens (primary N) is 1. The highest BCUT2D eigenvalue weighted by Gasteiger charge is 2.33. The number of esters is 5. The number of amides is 1. The minimum absolute atomic E-state index is 0.118. The van der Waals surface area contributed by atoms with Crippen molar-refractivity contribution in [1.82, 2.24) is 13.6 Å². The van der Waals surface area contributed by atoms with E-state index in [1.54, 1.807) is 51.1 Å². The lowest BCUT2D eigenvalue weighted by Gasteiger charge is -2.37. The number of aromatic nitrogens is 2. The Hall–Kier alpha value is -6.11. The molecule has 1 aliphatic heterocycles. The Labute approximate surface area is 373 Å². The maximum atomic E-state index is 13.1. The lowest BCUT2D eigenvalue weighted by molar-refractivity contribution is -0.170. The number of primary sulfonamides is 1. The number of nitrogens with zero attached hydrogens (tertiary/aromatic N) is 4. The smallest absolute Gasteiger partial charge is 0.344 e. The molecule has 0 unspecified atom stereocenters. The predicted molar refractivity (Wildman–Crippen MR) is 226 cm³/mol. The van der Waals surface area contributed by atoms with Gasteiger partial charge in [0.15, 0.2) is 38.3 Å². The fourth-order valence-electron chi connectivity index (χ4n) is 5.69.